The number of aliphatic imine (C=N–C) groups is 2. The Labute approximate surface area is 756 Å². The van der Waals surface area contributed by atoms with Crippen molar-refractivity contribution in [2.75, 3.05) is 46.4 Å². The van der Waals surface area contributed by atoms with Gasteiger partial charge in [-0.25, -0.2) is 0 Å². The lowest BCUT2D eigenvalue weighted by molar-refractivity contribution is -0.135. The summed E-state index contributed by atoms with van der Waals surface area (Å²) in [4.78, 5) is 175. The van der Waals surface area contributed by atoms with Gasteiger partial charge in [-0.1, -0.05) is 165 Å². The summed E-state index contributed by atoms with van der Waals surface area (Å²) < 4.78 is 0. The molecule has 1 aliphatic heterocycles. The molecule has 40 nitrogen and oxygen atoms in total. The molecule has 12 amide bonds. The highest BCUT2D eigenvalue weighted by molar-refractivity contribution is 5.97. The van der Waals surface area contributed by atoms with Crippen molar-refractivity contribution in [2.24, 2.45) is 50.3 Å². The lowest BCUT2D eigenvalue weighted by Crippen LogP contribution is -2.61. The van der Waals surface area contributed by atoms with Crippen molar-refractivity contribution in [1.82, 2.24) is 79.1 Å². The minimum absolute atomic E-state index is 0.0220. The first-order valence-corrected chi connectivity index (χ1v) is 45.5. The van der Waals surface area contributed by atoms with Crippen LogP contribution in [0, 0.1) is 5.92 Å². The van der Waals surface area contributed by atoms with Crippen LogP contribution in [0.15, 0.2) is 95.3 Å². The molecule has 0 bridgehead atoms. The molecule has 5 rings (SSSR count). The minimum Gasteiger partial charge on any atom is -0.394 e. The van der Waals surface area contributed by atoms with Gasteiger partial charge in [-0.15, -0.1) is 0 Å². The molecule has 2 aromatic heterocycles. The molecule has 2 aromatic carbocycles. The van der Waals surface area contributed by atoms with E-state index in [-0.39, 0.29) is 120 Å². The molecule has 1 saturated heterocycles. The fourth-order valence-electron chi connectivity index (χ4n) is 14.4. The molecule has 0 spiro atoms. The Morgan fingerprint density at radius 1 is 0.550 bits per heavy atom. The second kappa shape index (κ2) is 63.9. The van der Waals surface area contributed by atoms with E-state index >= 15 is 0 Å². The summed E-state index contributed by atoms with van der Waals surface area (Å²) in [5.41, 5.74) is 36.2. The van der Waals surface area contributed by atoms with Crippen molar-refractivity contribution < 1.29 is 83.1 Å². The highest BCUT2D eigenvalue weighted by atomic mass is 16.3. The zero-order chi connectivity index (χ0) is 94.8. The monoisotopic (exact) mass is 1810 g/mol. The van der Waals surface area contributed by atoms with Crippen molar-refractivity contribution in [2.45, 2.75) is 305 Å². The van der Waals surface area contributed by atoms with Gasteiger partial charge in [0.25, 0.3) is 0 Å². The van der Waals surface area contributed by atoms with E-state index < -0.39 is 164 Å². The number of nitrogens with zero attached hydrogens (tertiary/aromatic N) is 3. The Kier molecular flexibility index (Phi) is 54.6. The van der Waals surface area contributed by atoms with Gasteiger partial charge >= 0.3 is 0 Å². The number of nitrogens with one attached hydrogen (secondary N) is 14. The number of aliphatic hydroxyl groups excluding tert-OH is 5. The minimum atomic E-state index is -1.56. The summed E-state index contributed by atoms with van der Waals surface area (Å²) >= 11 is 0. The number of aromatic nitrogens is 2. The van der Waals surface area contributed by atoms with Gasteiger partial charge in [0.05, 0.1) is 43.9 Å². The summed E-state index contributed by atoms with van der Waals surface area (Å²) in [5, 5.41) is 88.7. The fourth-order valence-corrected chi connectivity index (χ4v) is 14.4. The Balaban J connectivity index is 0.000000541. The van der Waals surface area contributed by atoms with Gasteiger partial charge in [0.1, 0.15) is 54.9 Å². The van der Waals surface area contributed by atoms with E-state index in [1.54, 1.807) is 37.6 Å². The number of aromatic amines is 1. The van der Waals surface area contributed by atoms with Gasteiger partial charge in [0.15, 0.2) is 11.9 Å². The number of para-hydroxylation sites is 1. The number of carbonyl (C=O) groups excluding carboxylic acids is 12. The number of pyridine rings is 1. The number of guanidine groups is 2. The van der Waals surface area contributed by atoms with Crippen LogP contribution in [-0.2, 0) is 76.8 Å². The summed E-state index contributed by atoms with van der Waals surface area (Å²) in [6, 6.07) is 8.09. The van der Waals surface area contributed by atoms with Crippen LogP contribution in [0.5, 0.6) is 0 Å². The number of carbonyl (C=O) groups is 12. The van der Waals surface area contributed by atoms with Gasteiger partial charge in [0.2, 0.25) is 70.9 Å². The topological polar surface area (TPSA) is 672 Å². The smallest absolute Gasteiger partial charge is 0.245 e. The molecule has 14 atom stereocenters. The first kappa shape index (κ1) is 110. The van der Waals surface area contributed by atoms with E-state index in [9.17, 15) is 83.1 Å². The van der Waals surface area contributed by atoms with Gasteiger partial charge in [-0.3, -0.25) is 83.1 Å². The molecule has 0 saturated carbocycles. The average Bonchev–Trinajstić information content (AvgIpc) is 1.69. The first-order chi connectivity index (χ1) is 61.9. The number of H-pyrrole nitrogens is 1. The van der Waals surface area contributed by atoms with Crippen molar-refractivity contribution in [3.63, 3.8) is 0 Å². The molecular weight excluding hydrogens is 1660 g/mol. The fraction of sp³-hybridized carbons (Fsp3) is 0.629. The van der Waals surface area contributed by atoms with Crippen LogP contribution in [0.3, 0.4) is 0 Å². The van der Waals surface area contributed by atoms with Gasteiger partial charge < -0.3 is 123 Å². The van der Waals surface area contributed by atoms with E-state index in [1.165, 1.54) is 64.8 Å². The first-order valence-electron chi connectivity index (χ1n) is 45.5. The average molecular weight is 1810 g/mol. The quantitative estimate of drug-likeness (QED) is 0.0112. The molecule has 0 radical (unpaired) electrons. The third-order valence-electron chi connectivity index (χ3n) is 22.0. The highest BCUT2D eigenvalue weighted by Gasteiger charge is 2.37. The van der Waals surface area contributed by atoms with Crippen molar-refractivity contribution in [3.05, 3.63) is 102 Å². The lowest BCUT2D eigenvalue weighted by Gasteiger charge is -2.31. The Bertz CT molecular complexity index is 4060. The predicted octanol–water partition coefficient (Wildman–Crippen LogP) is -0.717. The Hall–Kier alpha value is -11.0. The maximum absolute atomic E-state index is 14.5. The van der Waals surface area contributed by atoms with Crippen LogP contribution in [0.4, 0.5) is 0 Å². The number of hydrogen-bond donors (Lipinski definition) is 25. The maximum atomic E-state index is 14.5. The highest BCUT2D eigenvalue weighted by Crippen LogP contribution is 2.22. The zero-order valence-electron chi connectivity index (χ0n) is 75.5. The second-order valence-electron chi connectivity index (χ2n) is 32.8. The molecule has 40 heteroatoms. The number of aliphatic hydroxyl groups is 5. The van der Waals surface area contributed by atoms with Crippen LogP contribution in [0.25, 0.3) is 10.9 Å². The number of rotatable bonds is 51. The molecule has 720 valence electrons. The van der Waals surface area contributed by atoms with E-state index in [0.717, 1.165) is 47.7 Å². The van der Waals surface area contributed by atoms with Crippen LogP contribution in [-0.4, -0.2) is 244 Å². The normalized spacial score (nSPS) is 19.1. The molecule has 129 heavy (non-hydrogen) atoms. The summed E-state index contributed by atoms with van der Waals surface area (Å²) in [6.07, 6.45) is 20.1. The number of unbranched alkanes of at least 4 members (excludes halogenated alkanes) is 14. The van der Waals surface area contributed by atoms with Crippen molar-refractivity contribution in [1.29, 1.82) is 0 Å². The molecule has 0 aliphatic carbocycles. The largest absolute Gasteiger partial charge is 0.394 e. The Morgan fingerprint density at radius 2 is 1.11 bits per heavy atom. The predicted molar refractivity (Wildman–Crippen MR) is 491 cm³/mol. The maximum Gasteiger partial charge on any atom is 0.245 e. The molecule has 3 heterocycles. The Morgan fingerprint density at radius 3 is 1.72 bits per heavy atom. The SMILES string of the molecule is CCCCCCCCCCCCCCCC(=O)NCC(=O)N[C@@H](CO)C(=O)N[C@@H](CCC(N)=O)C(=O)N[C@@H](CCCCN=C(N)N)C(=O)N[C@@H](CO)C(=O)N[C@@H](CCCC)[C@H](O)NC.C[C@H]1CCC(=O)NCCCC[C@@H]([C@@H](N)O)NC(=O)[C@H](Cc2c[nH]c3ccccc23)NC(=O)[C@H](CCCN=C(N)N)N[C@@H](O)[C@@H](Cc2ccccc2)NC(=O)[C@H](Cc2cccnc2)NC1=O. The zero-order valence-corrected chi connectivity index (χ0v) is 75.5. The third-order valence-corrected chi connectivity index (χ3v) is 22.0. The number of primary amides is 1. The number of benzene rings is 2. The van der Waals surface area contributed by atoms with Crippen LogP contribution in [0.1, 0.15) is 224 Å². The van der Waals surface area contributed by atoms with E-state index in [2.05, 4.69) is 96.0 Å². The second-order valence-corrected chi connectivity index (χ2v) is 32.8. The van der Waals surface area contributed by atoms with Gasteiger partial charge in [-0.2, -0.15) is 0 Å². The number of nitrogens with two attached hydrogens (primary N) is 6. The van der Waals surface area contributed by atoms with Gasteiger partial charge in [0, 0.05) is 87.1 Å². The molecular formula is C89H147N23O17. The number of hydrogen-bond acceptors (Lipinski definition) is 23. The molecule has 0 unspecified atom stereocenters. The molecule has 1 fully saturated rings. The lowest BCUT2D eigenvalue weighted by atomic mass is 9.99. The molecule has 1 aliphatic rings. The summed E-state index contributed by atoms with van der Waals surface area (Å²) in [7, 11) is 1.50. The van der Waals surface area contributed by atoms with E-state index in [4.69, 9.17) is 34.4 Å². The summed E-state index contributed by atoms with van der Waals surface area (Å²) in [6.45, 7) is 4.32. The van der Waals surface area contributed by atoms with E-state index in [0.29, 0.717) is 50.6 Å². The van der Waals surface area contributed by atoms with Crippen LogP contribution < -0.4 is 104 Å². The molecule has 4 aromatic rings. The van der Waals surface area contributed by atoms with Crippen LogP contribution >= 0.6 is 0 Å². The summed E-state index contributed by atoms with van der Waals surface area (Å²) in [5.74, 6) is -9.01. The van der Waals surface area contributed by atoms with E-state index in [1.807, 2.05) is 61.5 Å². The number of likely N-dealkylation sites (N-methyl/N-ethyl adjacent to an activating group) is 1. The van der Waals surface area contributed by atoms with Crippen molar-refractivity contribution in [3.8, 4) is 0 Å². The van der Waals surface area contributed by atoms with Crippen LogP contribution in [0.2, 0.25) is 0 Å². The van der Waals surface area contributed by atoms with Gasteiger partial charge in [-0.05, 0) is 119 Å². The third kappa shape index (κ3) is 45.7. The standard InChI is InChI=1S/C46H64N12O7.C43H83N11O10/c1-28-18-19-39(59)51-21-8-7-16-34(40(47)60)54-45(65)38(25-31-27-53-33-15-6-5-14-32(31)33)58-42(62)35(17-10-22-52-46(48)49)55-43(63)36(23-29-11-3-2-4-12-29)57-44(64)37(56-41(28)61)24-30-13-9-20-50-26-30;1-4-6-8-9-10-11-12-13-14-15-16-17-18-23-36(58)49-27-37(59)50-33(28-55)41(63)53-32(24-25-35(44)57)40(62)52-31(22-19-20-26-48-43(45)46)39(61)54-34(29-56)42(64)51-30(21-7-5-2)38(60)47-3/h2-6,9,11-15,20,26-28,34-38,40,43,53,55,60,63H,7-8,10,16-19,21-25,47H2,1H3,(H,51,59)(H,54,65)(H,56,61)(H,57,64)(H,58,62)(H4,48,49,52);30-34,38,47,55-56,60H,4-29H2,1-3H3,(H2,44,57)(H,49,58)(H,50,59)(H,51,64)(H,52,62)(H,53,63)(H,54,61)(H4,45,46,48)/t28-,34-,35-,36+,37-,38-,40-,43-;30-,31-,32-,33-,34-,38-/m00/s1. The number of amides is 12. The molecule has 31 N–H and O–H groups in total. The van der Waals surface area contributed by atoms with Crippen molar-refractivity contribution >= 4 is 93.7 Å². The number of fused-ring (bicyclic) bond motifs is 1.